The van der Waals surface area contributed by atoms with Gasteiger partial charge in [0.1, 0.15) is 36.7 Å². The molecule has 356 valence electrons. The summed E-state index contributed by atoms with van der Waals surface area (Å²) in [5, 5.41) is 51.0. The molecule has 2 fully saturated rings. The van der Waals surface area contributed by atoms with Crippen LogP contribution >= 0.6 is 0 Å². The number of carbonyl (C=O) groups excluding carboxylic acids is 2. The standard InChI is InChI=1S/2C22H25FN8O3/c1-14(2)34-22(32)30-8-6-17(7-9-30)31-19(11-24)16(12-25-31)13-33-20-5-4-15(10-18(20)23)21-26-27-28-29(21)3;1-14(2)34-22(32)30-8-6-17(7-9-30)31-19(11-24)16(12-25-31)13-33-20-5-4-15(10-18(20)23)21-26-28-29(3)27-21/h2*4-5,10,12,14,17H,6-9,13H2,1-3H3. The molecule has 0 N–H and O–H groups in total. The molecule has 22 nitrogen and oxygen atoms in total. The molecule has 2 aliphatic heterocycles. The number of likely N-dealkylation sites (tertiary alicyclic amines) is 2. The van der Waals surface area contributed by atoms with Crippen molar-refractivity contribution in [1.82, 2.24) is 69.8 Å². The topological polar surface area (TPSA) is 248 Å². The average Bonchev–Trinajstić information content (AvgIpc) is 4.15. The van der Waals surface area contributed by atoms with Crippen molar-refractivity contribution in [3.63, 3.8) is 0 Å². The summed E-state index contributed by atoms with van der Waals surface area (Å²) in [5.74, 6) is -0.302. The lowest BCUT2D eigenvalue weighted by molar-refractivity contribution is 0.0644. The van der Waals surface area contributed by atoms with Crippen LogP contribution in [0.15, 0.2) is 48.8 Å². The van der Waals surface area contributed by atoms with E-state index in [1.807, 2.05) is 27.7 Å². The van der Waals surface area contributed by atoms with Gasteiger partial charge in [0.25, 0.3) is 0 Å². The highest BCUT2D eigenvalue weighted by atomic mass is 19.1. The molecular formula is C44H50F2N16O6. The summed E-state index contributed by atoms with van der Waals surface area (Å²) >= 11 is 0. The third kappa shape index (κ3) is 11.3. The first-order valence-electron chi connectivity index (χ1n) is 21.9. The summed E-state index contributed by atoms with van der Waals surface area (Å²) in [4.78, 5) is 28.8. The van der Waals surface area contributed by atoms with Crippen molar-refractivity contribution in [1.29, 1.82) is 10.5 Å². The number of aryl methyl sites for hydroxylation is 2. The van der Waals surface area contributed by atoms with Crippen molar-refractivity contribution in [3.05, 3.63) is 82.9 Å². The lowest BCUT2D eigenvalue weighted by Gasteiger charge is -2.32. The van der Waals surface area contributed by atoms with Gasteiger partial charge in [-0.05, 0) is 105 Å². The van der Waals surface area contributed by atoms with Gasteiger partial charge in [-0.1, -0.05) is 0 Å². The first kappa shape index (κ1) is 47.9. The number of amides is 2. The molecule has 2 aliphatic rings. The smallest absolute Gasteiger partial charge is 0.410 e. The maximum Gasteiger partial charge on any atom is 0.410 e. The monoisotopic (exact) mass is 936 g/mol. The molecule has 0 spiro atoms. The van der Waals surface area contributed by atoms with E-state index in [-0.39, 0.29) is 61.2 Å². The first-order chi connectivity index (χ1) is 32.7. The van der Waals surface area contributed by atoms with Gasteiger partial charge in [0.2, 0.25) is 5.82 Å². The minimum absolute atomic E-state index is 0.00969. The fourth-order valence-electron chi connectivity index (χ4n) is 7.64. The normalized spacial score (nSPS) is 14.3. The van der Waals surface area contributed by atoms with Gasteiger partial charge in [-0.25, -0.2) is 23.1 Å². The number of hydrogen-bond donors (Lipinski definition) is 0. The molecule has 0 atom stereocenters. The van der Waals surface area contributed by atoms with Crippen LogP contribution in [0.1, 0.15) is 88.0 Å². The van der Waals surface area contributed by atoms with Crippen LogP contribution in [-0.4, -0.2) is 120 Å². The third-order valence-corrected chi connectivity index (χ3v) is 11.0. The second-order valence-electron chi connectivity index (χ2n) is 16.5. The van der Waals surface area contributed by atoms with Crippen LogP contribution in [-0.2, 0) is 36.8 Å². The Morgan fingerprint density at radius 3 is 1.57 bits per heavy atom. The van der Waals surface area contributed by atoms with Crippen LogP contribution in [0.3, 0.4) is 0 Å². The summed E-state index contributed by atoms with van der Waals surface area (Å²) in [6.45, 7) is 9.30. The average molecular weight is 937 g/mol. The number of carbonyl (C=O) groups is 2. The van der Waals surface area contributed by atoms with Crippen molar-refractivity contribution in [2.24, 2.45) is 14.1 Å². The molecule has 0 saturated carbocycles. The summed E-state index contributed by atoms with van der Waals surface area (Å²) in [7, 11) is 3.29. The van der Waals surface area contributed by atoms with Gasteiger partial charge < -0.3 is 28.7 Å². The van der Waals surface area contributed by atoms with E-state index < -0.39 is 11.6 Å². The van der Waals surface area contributed by atoms with Gasteiger partial charge in [-0.15, -0.1) is 15.3 Å². The summed E-state index contributed by atoms with van der Waals surface area (Å²) in [5.41, 5.74) is 2.85. The molecule has 6 heterocycles. The van der Waals surface area contributed by atoms with Crippen LogP contribution in [0, 0.1) is 34.3 Å². The number of aromatic nitrogens is 12. The van der Waals surface area contributed by atoms with Gasteiger partial charge in [-0.2, -0.15) is 25.5 Å². The number of nitrogens with zero attached hydrogens (tertiary/aromatic N) is 16. The molecule has 2 amide bonds. The van der Waals surface area contributed by atoms with E-state index in [0.29, 0.717) is 97.2 Å². The van der Waals surface area contributed by atoms with Gasteiger partial charge in [-0.3, -0.25) is 9.36 Å². The summed E-state index contributed by atoms with van der Waals surface area (Å²) < 4.78 is 55.7. The molecule has 6 aromatic rings. The molecule has 2 aromatic carbocycles. The van der Waals surface area contributed by atoms with Crippen LogP contribution in [0.25, 0.3) is 22.8 Å². The predicted molar refractivity (Wildman–Crippen MR) is 234 cm³/mol. The second kappa shape index (κ2) is 21.5. The second-order valence-corrected chi connectivity index (χ2v) is 16.5. The van der Waals surface area contributed by atoms with Crippen molar-refractivity contribution in [2.45, 2.75) is 90.9 Å². The van der Waals surface area contributed by atoms with Crippen molar-refractivity contribution in [3.8, 4) is 46.4 Å². The molecule has 0 radical (unpaired) electrons. The highest BCUT2D eigenvalue weighted by Crippen LogP contribution is 2.30. The molecule has 0 unspecified atom stereocenters. The van der Waals surface area contributed by atoms with Crippen LogP contribution in [0.2, 0.25) is 0 Å². The van der Waals surface area contributed by atoms with Gasteiger partial charge in [0.15, 0.2) is 29.0 Å². The van der Waals surface area contributed by atoms with E-state index in [4.69, 9.17) is 18.9 Å². The molecule has 2 saturated heterocycles. The Hall–Kier alpha value is -8.02. The maximum absolute atomic E-state index is 14.6. The minimum Gasteiger partial charge on any atom is -0.486 e. The highest BCUT2D eigenvalue weighted by molar-refractivity contribution is 5.68. The maximum atomic E-state index is 14.6. The van der Waals surface area contributed by atoms with E-state index in [0.717, 1.165) is 0 Å². The quantitative estimate of drug-likeness (QED) is 0.143. The van der Waals surface area contributed by atoms with Gasteiger partial charge >= 0.3 is 12.2 Å². The molecule has 8 rings (SSSR count). The van der Waals surface area contributed by atoms with E-state index >= 15 is 0 Å². The highest BCUT2D eigenvalue weighted by Gasteiger charge is 2.30. The molecule has 0 bridgehead atoms. The Morgan fingerprint density at radius 2 is 1.18 bits per heavy atom. The lowest BCUT2D eigenvalue weighted by Crippen LogP contribution is -2.40. The van der Waals surface area contributed by atoms with Crippen molar-refractivity contribution in [2.75, 3.05) is 26.2 Å². The zero-order chi connectivity index (χ0) is 48.5. The zero-order valence-corrected chi connectivity index (χ0v) is 38.4. The third-order valence-electron chi connectivity index (χ3n) is 11.0. The van der Waals surface area contributed by atoms with E-state index in [1.54, 1.807) is 57.8 Å². The number of benzene rings is 2. The number of piperidine rings is 2. The molecule has 0 aliphatic carbocycles. The predicted octanol–water partition coefficient (Wildman–Crippen LogP) is 5.69. The minimum atomic E-state index is -0.573. The van der Waals surface area contributed by atoms with E-state index in [9.17, 15) is 28.9 Å². The van der Waals surface area contributed by atoms with Crippen LogP contribution < -0.4 is 9.47 Å². The number of tetrazole rings is 2. The lowest BCUT2D eigenvalue weighted by atomic mass is 10.1. The number of rotatable bonds is 12. The van der Waals surface area contributed by atoms with Crippen molar-refractivity contribution >= 4 is 12.2 Å². The largest absolute Gasteiger partial charge is 0.486 e. The fourth-order valence-corrected chi connectivity index (χ4v) is 7.64. The van der Waals surface area contributed by atoms with Crippen molar-refractivity contribution < 1.29 is 37.3 Å². The number of nitriles is 2. The molecular weight excluding hydrogens is 887 g/mol. The van der Waals surface area contributed by atoms with E-state index in [1.165, 1.54) is 33.7 Å². The zero-order valence-electron chi connectivity index (χ0n) is 38.4. The Morgan fingerprint density at radius 1 is 0.706 bits per heavy atom. The molecule has 4 aromatic heterocycles. The Balaban J connectivity index is 0.000000201. The van der Waals surface area contributed by atoms with E-state index in [2.05, 4.69) is 53.3 Å². The number of halogens is 2. The fraction of sp³-hybridized carbons (Fsp3) is 0.455. The molecule has 68 heavy (non-hydrogen) atoms. The van der Waals surface area contributed by atoms with Crippen LogP contribution in [0.5, 0.6) is 11.5 Å². The summed E-state index contributed by atoms with van der Waals surface area (Å²) in [6, 6.07) is 13.2. The van der Waals surface area contributed by atoms with Gasteiger partial charge in [0.05, 0.1) is 43.7 Å². The Kier molecular flexibility index (Phi) is 15.2. The first-order valence-corrected chi connectivity index (χ1v) is 21.9. The van der Waals surface area contributed by atoms with Crippen LogP contribution in [0.4, 0.5) is 18.4 Å². The number of ether oxygens (including phenoxy) is 4. The molecule has 24 heteroatoms. The number of hydrogen-bond acceptors (Lipinski definition) is 16. The van der Waals surface area contributed by atoms with Gasteiger partial charge in [0, 0.05) is 55.5 Å². The summed E-state index contributed by atoms with van der Waals surface area (Å²) in [6.07, 6.45) is 4.73. The Labute approximate surface area is 389 Å². The SMILES string of the molecule is CC(C)OC(=O)N1CCC(n2ncc(COc3ccc(-c4nnn(C)n4)cc3F)c2C#N)CC1.CC(C)OC(=O)N1CCC(n2ncc(COc3ccc(-c4nnnn4C)cc3F)c2C#N)CC1. The Bertz CT molecular complexity index is 2790.